The monoisotopic (exact) mass is 452 g/mol. The van der Waals surface area contributed by atoms with Crippen LogP contribution >= 0.6 is 0 Å². The van der Waals surface area contributed by atoms with Crippen molar-refractivity contribution in [3.8, 4) is 0 Å². The van der Waals surface area contributed by atoms with Crippen LogP contribution < -0.4 is 10.0 Å². The van der Waals surface area contributed by atoms with E-state index in [2.05, 4.69) is 10.0 Å². The van der Waals surface area contributed by atoms with Crippen LogP contribution in [0.4, 0.5) is 15.8 Å². The van der Waals surface area contributed by atoms with Crippen LogP contribution in [0.3, 0.4) is 0 Å². The van der Waals surface area contributed by atoms with Gasteiger partial charge in [-0.25, -0.2) is 12.8 Å². The number of halogens is 1. The summed E-state index contributed by atoms with van der Waals surface area (Å²) in [7, 11) is -3.80. The molecule has 0 aliphatic rings. The minimum Gasteiger partial charge on any atom is -0.451 e. The molecule has 0 spiro atoms. The zero-order valence-electron chi connectivity index (χ0n) is 17.7. The van der Waals surface area contributed by atoms with Gasteiger partial charge in [0, 0.05) is 16.6 Å². The van der Waals surface area contributed by atoms with Gasteiger partial charge in [-0.1, -0.05) is 18.2 Å². The first-order valence-electron chi connectivity index (χ1n) is 9.85. The van der Waals surface area contributed by atoms with Crippen molar-refractivity contribution in [2.75, 3.05) is 10.0 Å². The Bertz CT molecular complexity index is 1420. The number of hydrogen-bond donors (Lipinski definition) is 2. The molecule has 0 saturated carbocycles. The van der Waals surface area contributed by atoms with Crippen molar-refractivity contribution in [2.24, 2.45) is 0 Å². The molecule has 6 nitrogen and oxygen atoms in total. The van der Waals surface area contributed by atoms with E-state index in [1.165, 1.54) is 42.5 Å². The van der Waals surface area contributed by atoms with E-state index in [9.17, 15) is 17.6 Å². The molecule has 0 fully saturated rings. The third kappa shape index (κ3) is 4.09. The minimum absolute atomic E-state index is 0.0635. The number of nitrogens with one attached hydrogen (secondary N) is 2. The highest BCUT2D eigenvalue weighted by Crippen LogP contribution is 2.27. The zero-order valence-corrected chi connectivity index (χ0v) is 18.5. The number of benzene rings is 3. The first-order valence-corrected chi connectivity index (χ1v) is 11.3. The number of hydrogen-bond acceptors (Lipinski definition) is 4. The van der Waals surface area contributed by atoms with Crippen LogP contribution in [-0.2, 0) is 10.0 Å². The molecule has 0 unspecified atom stereocenters. The van der Waals surface area contributed by atoms with Crippen molar-refractivity contribution in [1.29, 1.82) is 0 Å². The average Bonchev–Trinajstić information content (AvgIpc) is 3.07. The van der Waals surface area contributed by atoms with Crippen LogP contribution in [0.1, 0.15) is 27.2 Å². The summed E-state index contributed by atoms with van der Waals surface area (Å²) < 4.78 is 47.3. The van der Waals surface area contributed by atoms with E-state index in [0.717, 1.165) is 11.1 Å². The molecule has 4 aromatic rings. The molecule has 3 aromatic carbocycles. The first kappa shape index (κ1) is 21.6. The van der Waals surface area contributed by atoms with Gasteiger partial charge in [0.05, 0.1) is 10.6 Å². The Labute approximate surface area is 185 Å². The van der Waals surface area contributed by atoms with Gasteiger partial charge in [-0.15, -0.1) is 0 Å². The maximum absolute atomic E-state index is 13.5. The fourth-order valence-electron chi connectivity index (χ4n) is 3.48. The van der Waals surface area contributed by atoms with Crippen LogP contribution in [0.5, 0.6) is 0 Å². The van der Waals surface area contributed by atoms with Gasteiger partial charge < -0.3 is 9.73 Å². The number of aryl methyl sites for hydroxylation is 3. The normalized spacial score (nSPS) is 11.5. The van der Waals surface area contributed by atoms with Gasteiger partial charge in [0.25, 0.3) is 15.9 Å². The summed E-state index contributed by atoms with van der Waals surface area (Å²) in [5.41, 5.74) is 3.51. The lowest BCUT2D eigenvalue weighted by molar-refractivity contribution is 0.0998. The van der Waals surface area contributed by atoms with Crippen LogP contribution in [0.15, 0.2) is 70.0 Å². The lowest BCUT2D eigenvalue weighted by atomic mass is 10.1. The molecule has 0 bridgehead atoms. The number of amides is 1. The number of rotatable bonds is 5. The van der Waals surface area contributed by atoms with Gasteiger partial charge in [-0.3, -0.25) is 9.52 Å². The molecule has 8 heteroatoms. The van der Waals surface area contributed by atoms with Crippen LogP contribution in [0.25, 0.3) is 11.0 Å². The lowest BCUT2D eigenvalue weighted by Gasteiger charge is -2.13. The second kappa shape index (κ2) is 8.12. The summed E-state index contributed by atoms with van der Waals surface area (Å²) in [6.45, 7) is 5.34. The van der Waals surface area contributed by atoms with E-state index < -0.39 is 21.7 Å². The molecule has 0 aliphatic heterocycles. The fraction of sp³-hybridized carbons (Fsp3) is 0.125. The number of fused-ring (bicyclic) bond motifs is 1. The standard InChI is InChI=1S/C24H21FN2O4S/c1-14-5-4-6-15(2)22(14)27-32(29,30)19-10-8-18(9-11-19)26-24(28)23-16(3)20-13-17(25)7-12-21(20)31-23/h4-13,27H,1-3H3,(H,26,28). The van der Waals surface area contributed by atoms with Crippen molar-refractivity contribution in [2.45, 2.75) is 25.7 Å². The number of carbonyl (C=O) groups excluding carboxylic acids is 1. The average molecular weight is 453 g/mol. The number of carbonyl (C=O) groups is 1. The Morgan fingerprint density at radius 3 is 2.25 bits per heavy atom. The maximum Gasteiger partial charge on any atom is 0.291 e. The molecule has 32 heavy (non-hydrogen) atoms. The number of furan rings is 1. The summed E-state index contributed by atoms with van der Waals surface area (Å²) in [5, 5.41) is 3.20. The van der Waals surface area contributed by atoms with Crippen molar-refractivity contribution < 1.29 is 22.0 Å². The van der Waals surface area contributed by atoms with E-state index in [-0.39, 0.29) is 10.7 Å². The molecular weight excluding hydrogens is 431 g/mol. The molecule has 0 saturated heterocycles. The van der Waals surface area contributed by atoms with Crippen LogP contribution in [0.2, 0.25) is 0 Å². The van der Waals surface area contributed by atoms with Crippen molar-refractivity contribution in [3.63, 3.8) is 0 Å². The fourth-order valence-corrected chi connectivity index (χ4v) is 4.69. The SMILES string of the molecule is Cc1cccc(C)c1NS(=O)(=O)c1ccc(NC(=O)c2oc3ccc(F)cc3c2C)cc1. The third-order valence-corrected chi connectivity index (χ3v) is 6.61. The van der Waals surface area contributed by atoms with Gasteiger partial charge >= 0.3 is 0 Å². The first-order chi connectivity index (χ1) is 15.2. The molecule has 2 N–H and O–H groups in total. The van der Waals surface area contributed by atoms with Crippen molar-refractivity contribution in [1.82, 2.24) is 0 Å². The number of para-hydroxylation sites is 1. The van der Waals surface area contributed by atoms with Gasteiger partial charge in [0.2, 0.25) is 0 Å². The maximum atomic E-state index is 13.5. The van der Waals surface area contributed by atoms with Crippen LogP contribution in [0, 0.1) is 26.6 Å². The Balaban J connectivity index is 1.54. The Morgan fingerprint density at radius 1 is 0.938 bits per heavy atom. The van der Waals surface area contributed by atoms with Crippen LogP contribution in [-0.4, -0.2) is 14.3 Å². The summed E-state index contributed by atoms with van der Waals surface area (Å²) in [4.78, 5) is 12.7. The van der Waals surface area contributed by atoms with Gasteiger partial charge in [-0.05, 0) is 74.4 Å². The van der Waals surface area contributed by atoms with Crippen molar-refractivity contribution >= 4 is 38.3 Å². The predicted octanol–water partition coefficient (Wildman–Crippen LogP) is 5.55. The third-order valence-electron chi connectivity index (χ3n) is 5.24. The van der Waals surface area contributed by atoms with Gasteiger partial charge in [0.1, 0.15) is 11.4 Å². The second-order valence-corrected chi connectivity index (χ2v) is 9.23. The van der Waals surface area contributed by atoms with E-state index >= 15 is 0 Å². The highest BCUT2D eigenvalue weighted by Gasteiger charge is 2.20. The molecular formula is C24H21FN2O4S. The Kier molecular flexibility index (Phi) is 5.48. The number of sulfonamides is 1. The second-order valence-electron chi connectivity index (χ2n) is 7.55. The molecule has 0 aliphatic carbocycles. The summed E-state index contributed by atoms with van der Waals surface area (Å²) >= 11 is 0. The minimum atomic E-state index is -3.80. The van der Waals surface area contributed by atoms with E-state index in [1.54, 1.807) is 6.92 Å². The van der Waals surface area contributed by atoms with E-state index in [0.29, 0.717) is 27.9 Å². The number of anilines is 2. The van der Waals surface area contributed by atoms with Crippen molar-refractivity contribution in [3.05, 3.63) is 88.9 Å². The Hall–Kier alpha value is -3.65. The largest absolute Gasteiger partial charge is 0.451 e. The smallest absolute Gasteiger partial charge is 0.291 e. The zero-order chi connectivity index (χ0) is 23.0. The van der Waals surface area contributed by atoms with Gasteiger partial charge in [0.15, 0.2) is 5.76 Å². The quantitative estimate of drug-likeness (QED) is 0.416. The molecule has 1 aromatic heterocycles. The summed E-state index contributed by atoms with van der Waals surface area (Å²) in [6.07, 6.45) is 0. The van der Waals surface area contributed by atoms with Gasteiger partial charge in [-0.2, -0.15) is 0 Å². The molecule has 1 amide bonds. The highest BCUT2D eigenvalue weighted by molar-refractivity contribution is 7.92. The molecule has 0 atom stereocenters. The molecule has 0 radical (unpaired) electrons. The molecule has 1 heterocycles. The topological polar surface area (TPSA) is 88.4 Å². The highest BCUT2D eigenvalue weighted by atomic mass is 32.2. The molecule has 164 valence electrons. The summed E-state index contributed by atoms with van der Waals surface area (Å²) in [6, 6.07) is 15.4. The van der Waals surface area contributed by atoms with E-state index in [1.807, 2.05) is 32.0 Å². The lowest BCUT2D eigenvalue weighted by Crippen LogP contribution is -2.15. The molecule has 4 rings (SSSR count). The van der Waals surface area contributed by atoms with E-state index in [4.69, 9.17) is 4.42 Å². The summed E-state index contributed by atoms with van der Waals surface area (Å²) in [5.74, 6) is -0.859. The predicted molar refractivity (Wildman–Crippen MR) is 122 cm³/mol. The Morgan fingerprint density at radius 2 is 1.59 bits per heavy atom.